The minimum absolute atomic E-state index is 0.226. The minimum Gasteiger partial charge on any atom is -0.476 e. The molecule has 0 aliphatic heterocycles. The van der Waals surface area contributed by atoms with Gasteiger partial charge in [-0.1, -0.05) is 28.4 Å². The molecule has 1 rings (SSSR count). The molecule has 0 bridgehead atoms. The van der Waals surface area contributed by atoms with Gasteiger partial charge in [-0.3, -0.25) is 0 Å². The summed E-state index contributed by atoms with van der Waals surface area (Å²) in [7, 11) is 0. The van der Waals surface area contributed by atoms with Crippen LogP contribution in [0.25, 0.3) is 0 Å². The van der Waals surface area contributed by atoms with E-state index < -0.39 is 0 Å². The topological polar surface area (TPSA) is 41.8 Å². The van der Waals surface area contributed by atoms with Crippen LogP contribution in [0.1, 0.15) is 5.56 Å². The van der Waals surface area contributed by atoms with E-state index in [0.717, 1.165) is 12.0 Å². The fourth-order valence-corrected chi connectivity index (χ4v) is 1.18. The Balaban J connectivity index is 2.69. The summed E-state index contributed by atoms with van der Waals surface area (Å²) in [4.78, 5) is 0. The number of hydrogen-bond acceptors (Lipinski definition) is 3. The van der Waals surface area contributed by atoms with E-state index in [1.54, 1.807) is 18.2 Å². The Bertz CT molecular complexity index is 315. The van der Waals surface area contributed by atoms with Crippen LogP contribution in [0.15, 0.2) is 23.4 Å². The largest absolute Gasteiger partial charge is 0.476 e. The molecule has 13 heavy (non-hydrogen) atoms. The first-order valence-electron chi connectivity index (χ1n) is 3.45. The van der Waals surface area contributed by atoms with Crippen LogP contribution in [0.2, 0.25) is 10.0 Å². The second-order valence-electron chi connectivity index (χ2n) is 2.27. The zero-order valence-corrected chi connectivity index (χ0v) is 8.09. The summed E-state index contributed by atoms with van der Waals surface area (Å²) >= 11 is 11.6. The van der Waals surface area contributed by atoms with Gasteiger partial charge in [-0.2, -0.15) is 0 Å². The highest BCUT2D eigenvalue weighted by Gasteiger charge is 2.00. The fourth-order valence-electron chi connectivity index (χ4n) is 0.814. The number of halogens is 2. The number of ether oxygens (including phenoxy) is 1. The van der Waals surface area contributed by atoms with Gasteiger partial charge in [0.05, 0.1) is 0 Å². The maximum absolute atomic E-state index is 8.05. The van der Waals surface area contributed by atoms with E-state index in [0.29, 0.717) is 10.0 Å². The van der Waals surface area contributed by atoms with Gasteiger partial charge in [-0.15, -0.1) is 0 Å². The second-order valence-corrected chi connectivity index (χ2v) is 3.11. The Morgan fingerprint density at radius 1 is 1.46 bits per heavy atom. The number of hydrogen-bond donors (Lipinski definition) is 1. The quantitative estimate of drug-likeness (QED) is 0.368. The van der Waals surface area contributed by atoms with Crippen LogP contribution in [0, 0.1) is 0 Å². The molecule has 0 atom stereocenters. The van der Waals surface area contributed by atoms with Crippen molar-refractivity contribution in [1.82, 2.24) is 0 Å². The van der Waals surface area contributed by atoms with Crippen LogP contribution in [0.5, 0.6) is 0 Å². The number of benzene rings is 1. The Morgan fingerprint density at radius 3 is 2.92 bits per heavy atom. The first-order valence-corrected chi connectivity index (χ1v) is 4.21. The number of oxime groups is 1. The van der Waals surface area contributed by atoms with Crippen LogP contribution in [0.4, 0.5) is 0 Å². The lowest BCUT2D eigenvalue weighted by Gasteiger charge is -2.03. The van der Waals surface area contributed by atoms with Gasteiger partial charge in [0.15, 0.2) is 0 Å². The molecule has 1 aromatic rings. The number of nitrogens with zero attached hydrogens (tertiary/aromatic N) is 1. The average molecular weight is 220 g/mol. The van der Waals surface area contributed by atoms with Gasteiger partial charge >= 0.3 is 0 Å². The molecule has 0 spiro atoms. The Kier molecular flexibility index (Phi) is 3.86. The first-order chi connectivity index (χ1) is 6.24. The maximum Gasteiger partial charge on any atom is 0.212 e. The minimum atomic E-state index is 0.226. The van der Waals surface area contributed by atoms with Crippen LogP contribution >= 0.6 is 23.2 Å². The van der Waals surface area contributed by atoms with Crippen molar-refractivity contribution in [3.05, 3.63) is 33.8 Å². The van der Waals surface area contributed by atoms with Crippen molar-refractivity contribution in [3.63, 3.8) is 0 Å². The highest BCUT2D eigenvalue weighted by molar-refractivity contribution is 6.33. The van der Waals surface area contributed by atoms with Crippen molar-refractivity contribution in [2.45, 2.75) is 6.61 Å². The van der Waals surface area contributed by atoms with E-state index in [9.17, 15) is 0 Å². The van der Waals surface area contributed by atoms with E-state index in [-0.39, 0.29) is 6.61 Å². The summed E-state index contributed by atoms with van der Waals surface area (Å²) < 4.78 is 4.82. The summed E-state index contributed by atoms with van der Waals surface area (Å²) in [5, 5.41) is 11.9. The van der Waals surface area contributed by atoms with Gasteiger partial charge in [-0.25, -0.2) is 0 Å². The summed E-state index contributed by atoms with van der Waals surface area (Å²) in [6.45, 7) is 0.226. The standard InChI is InChI=1S/C8H7Cl2NO2/c9-7-1-2-8(10)6(3-7)4-13-5-11-12/h1-3,5,12H,4H2. The molecule has 1 N–H and O–H groups in total. The summed E-state index contributed by atoms with van der Waals surface area (Å²) in [5.74, 6) is 0. The molecule has 3 nitrogen and oxygen atoms in total. The fraction of sp³-hybridized carbons (Fsp3) is 0.125. The van der Waals surface area contributed by atoms with Crippen molar-refractivity contribution in [2.75, 3.05) is 0 Å². The molecule has 70 valence electrons. The lowest BCUT2D eigenvalue weighted by Crippen LogP contribution is -1.91. The van der Waals surface area contributed by atoms with Crippen LogP contribution in [0.3, 0.4) is 0 Å². The Morgan fingerprint density at radius 2 is 2.23 bits per heavy atom. The molecular weight excluding hydrogens is 213 g/mol. The van der Waals surface area contributed by atoms with Gasteiger partial charge in [-0.05, 0) is 18.2 Å². The molecule has 1 aromatic carbocycles. The Labute approximate surface area is 85.5 Å². The average Bonchev–Trinajstić information content (AvgIpc) is 2.11. The van der Waals surface area contributed by atoms with E-state index >= 15 is 0 Å². The molecule has 0 aromatic heterocycles. The summed E-state index contributed by atoms with van der Waals surface area (Å²) in [5.41, 5.74) is 0.745. The van der Waals surface area contributed by atoms with Crippen molar-refractivity contribution in [2.24, 2.45) is 5.16 Å². The van der Waals surface area contributed by atoms with Crippen molar-refractivity contribution >= 4 is 29.6 Å². The van der Waals surface area contributed by atoms with Crippen LogP contribution in [-0.4, -0.2) is 11.6 Å². The SMILES string of the molecule is ON=COCc1cc(Cl)ccc1Cl. The molecule has 0 unspecified atom stereocenters. The van der Waals surface area contributed by atoms with Gasteiger partial charge in [0.2, 0.25) is 6.40 Å². The van der Waals surface area contributed by atoms with Gasteiger partial charge in [0, 0.05) is 15.6 Å². The highest BCUT2D eigenvalue weighted by atomic mass is 35.5. The molecule has 0 amide bonds. The Hall–Kier alpha value is -0.930. The van der Waals surface area contributed by atoms with Crippen LogP contribution < -0.4 is 0 Å². The molecule has 0 aliphatic rings. The third-order valence-corrected chi connectivity index (χ3v) is 1.97. The first kappa shape index (κ1) is 10.2. The summed E-state index contributed by atoms with van der Waals surface area (Å²) in [6, 6.07) is 5.06. The zero-order chi connectivity index (χ0) is 9.68. The lowest BCUT2D eigenvalue weighted by atomic mass is 10.2. The van der Waals surface area contributed by atoms with E-state index in [1.807, 2.05) is 0 Å². The monoisotopic (exact) mass is 219 g/mol. The molecule has 0 radical (unpaired) electrons. The van der Waals surface area contributed by atoms with Gasteiger partial charge in [0.1, 0.15) is 6.61 Å². The lowest BCUT2D eigenvalue weighted by molar-refractivity contribution is 0.261. The molecule has 5 heteroatoms. The van der Waals surface area contributed by atoms with Crippen molar-refractivity contribution in [1.29, 1.82) is 0 Å². The third kappa shape index (κ3) is 3.13. The van der Waals surface area contributed by atoms with Crippen LogP contribution in [-0.2, 0) is 11.3 Å². The van der Waals surface area contributed by atoms with Crippen molar-refractivity contribution in [3.8, 4) is 0 Å². The second kappa shape index (κ2) is 4.94. The molecule has 0 saturated carbocycles. The zero-order valence-electron chi connectivity index (χ0n) is 6.58. The van der Waals surface area contributed by atoms with E-state index in [4.69, 9.17) is 33.1 Å². The van der Waals surface area contributed by atoms with Crippen molar-refractivity contribution < 1.29 is 9.94 Å². The normalized spacial score (nSPS) is 10.6. The predicted molar refractivity (Wildman–Crippen MR) is 51.5 cm³/mol. The molecule has 0 saturated heterocycles. The van der Waals surface area contributed by atoms with Gasteiger partial charge < -0.3 is 9.94 Å². The number of rotatable bonds is 3. The molecule has 0 aliphatic carbocycles. The smallest absolute Gasteiger partial charge is 0.212 e. The molecule has 0 heterocycles. The van der Waals surface area contributed by atoms with E-state index in [1.165, 1.54) is 0 Å². The maximum atomic E-state index is 8.05. The third-order valence-electron chi connectivity index (χ3n) is 1.37. The predicted octanol–water partition coefficient (Wildman–Crippen LogP) is 2.93. The van der Waals surface area contributed by atoms with Gasteiger partial charge in [0.25, 0.3) is 0 Å². The molecular formula is C8H7Cl2NO2. The summed E-state index contributed by atoms with van der Waals surface area (Å²) in [6.07, 6.45) is 0.928. The molecule has 0 fully saturated rings. The van der Waals surface area contributed by atoms with E-state index in [2.05, 4.69) is 5.16 Å². The highest BCUT2D eigenvalue weighted by Crippen LogP contribution is 2.20.